The number of hydrogen-bond donors (Lipinski definition) is 2. The number of methoxy groups -OCH3 is 1. The van der Waals surface area contributed by atoms with Gasteiger partial charge in [-0.25, -0.2) is 4.90 Å². The van der Waals surface area contributed by atoms with Gasteiger partial charge in [0, 0.05) is 28.6 Å². The highest BCUT2D eigenvalue weighted by Crippen LogP contribution is 2.53. The van der Waals surface area contributed by atoms with Gasteiger partial charge in [0.05, 0.1) is 28.7 Å². The van der Waals surface area contributed by atoms with E-state index >= 15 is 0 Å². The minimum atomic E-state index is -0.863. The molecule has 0 spiro atoms. The number of nitro benzene ring substituents is 1. The Morgan fingerprint density at radius 2 is 1.82 bits per heavy atom. The molecule has 3 heterocycles. The van der Waals surface area contributed by atoms with Crippen molar-refractivity contribution in [3.05, 3.63) is 103 Å². The number of thiazole rings is 1. The van der Waals surface area contributed by atoms with Crippen molar-refractivity contribution in [3.63, 3.8) is 0 Å². The SMILES string of the molecule is COc1cc([C@H]2c3sc(=O)[nH]c3SC3C(=O)N(c4ccc([N+](=O)[O-])cc4)C(=O)C32)ccc1OCC(=O)Nc1cccc(C)c1. The number of H-pyrrole nitrogens is 1. The average Bonchev–Trinajstić information content (AvgIpc) is 3.49. The maximum absolute atomic E-state index is 13.9. The summed E-state index contributed by atoms with van der Waals surface area (Å²) in [5.74, 6) is -2.27. The third-order valence-corrected chi connectivity index (χ3v) is 9.75. The zero-order valence-corrected chi connectivity index (χ0v) is 24.9. The summed E-state index contributed by atoms with van der Waals surface area (Å²) in [6, 6.07) is 17.6. The van der Waals surface area contributed by atoms with Gasteiger partial charge in [-0.05, 0) is 54.4 Å². The van der Waals surface area contributed by atoms with Crippen LogP contribution in [-0.2, 0) is 14.4 Å². The molecule has 0 bridgehead atoms. The number of nitrogens with one attached hydrogen (secondary N) is 2. The second-order valence-electron chi connectivity index (χ2n) is 10.2. The fraction of sp³-hybridized carbons (Fsp3) is 0.200. The van der Waals surface area contributed by atoms with Crippen molar-refractivity contribution < 1.29 is 28.8 Å². The van der Waals surface area contributed by atoms with Crippen molar-refractivity contribution in [3.8, 4) is 11.5 Å². The van der Waals surface area contributed by atoms with Crippen LogP contribution in [0.4, 0.5) is 17.1 Å². The molecular weight excluding hydrogens is 608 g/mol. The first-order valence-corrected chi connectivity index (χ1v) is 15.0. The number of aromatic nitrogens is 1. The molecule has 3 aromatic carbocycles. The fourth-order valence-electron chi connectivity index (χ4n) is 5.41. The number of non-ortho nitro benzene ring substituents is 1. The molecular formula is C30H24N4O8S2. The van der Waals surface area contributed by atoms with E-state index in [-0.39, 0.29) is 28.8 Å². The lowest BCUT2D eigenvalue weighted by Crippen LogP contribution is -2.32. The van der Waals surface area contributed by atoms with Gasteiger partial charge in [-0.15, -0.1) is 0 Å². The summed E-state index contributed by atoms with van der Waals surface area (Å²) in [6.45, 7) is 1.64. The van der Waals surface area contributed by atoms with Crippen LogP contribution in [0.15, 0.2) is 76.6 Å². The monoisotopic (exact) mass is 632 g/mol. The second kappa shape index (κ2) is 11.6. The molecule has 3 amide bonds. The molecule has 0 radical (unpaired) electrons. The summed E-state index contributed by atoms with van der Waals surface area (Å²) < 4.78 is 11.3. The zero-order chi connectivity index (χ0) is 31.1. The number of carbonyl (C=O) groups is 3. The van der Waals surface area contributed by atoms with Gasteiger partial charge < -0.3 is 19.8 Å². The number of hydrogen-bond acceptors (Lipinski definition) is 10. The van der Waals surface area contributed by atoms with Gasteiger partial charge in [-0.1, -0.05) is 41.3 Å². The first-order chi connectivity index (χ1) is 21.1. The number of anilines is 2. The van der Waals surface area contributed by atoms with Crippen molar-refractivity contribution in [2.45, 2.75) is 23.1 Å². The van der Waals surface area contributed by atoms with Gasteiger partial charge in [0.15, 0.2) is 18.1 Å². The van der Waals surface area contributed by atoms with E-state index in [0.29, 0.717) is 32.7 Å². The molecule has 1 saturated heterocycles. The van der Waals surface area contributed by atoms with Crippen LogP contribution in [0.5, 0.6) is 11.5 Å². The molecule has 0 saturated carbocycles. The van der Waals surface area contributed by atoms with Crippen molar-refractivity contribution in [2.75, 3.05) is 23.9 Å². The third kappa shape index (κ3) is 5.33. The summed E-state index contributed by atoms with van der Waals surface area (Å²) in [5.41, 5.74) is 2.31. The van der Waals surface area contributed by atoms with Crippen molar-refractivity contribution >= 4 is 57.9 Å². The van der Waals surface area contributed by atoms with E-state index in [1.807, 2.05) is 25.1 Å². The lowest BCUT2D eigenvalue weighted by atomic mass is 9.83. The highest BCUT2D eigenvalue weighted by Gasteiger charge is 2.56. The number of ether oxygens (including phenoxy) is 2. The maximum atomic E-state index is 13.9. The van der Waals surface area contributed by atoms with Gasteiger partial charge in [0.2, 0.25) is 11.8 Å². The Labute approximate surface area is 258 Å². The quantitative estimate of drug-likeness (QED) is 0.162. The minimum Gasteiger partial charge on any atom is -0.493 e. The molecule has 44 heavy (non-hydrogen) atoms. The average molecular weight is 633 g/mol. The Kier molecular flexibility index (Phi) is 7.69. The Hall–Kier alpha value is -4.95. The minimum absolute atomic E-state index is 0.167. The Balaban J connectivity index is 1.29. The Bertz CT molecular complexity index is 1870. The number of fused-ring (bicyclic) bond motifs is 2. The Morgan fingerprint density at radius 1 is 1.05 bits per heavy atom. The number of aromatic amines is 1. The van der Waals surface area contributed by atoms with E-state index in [1.54, 1.807) is 24.3 Å². The van der Waals surface area contributed by atoms with E-state index < -0.39 is 33.8 Å². The van der Waals surface area contributed by atoms with E-state index in [0.717, 1.165) is 33.6 Å². The molecule has 2 unspecified atom stereocenters. The van der Waals surface area contributed by atoms with E-state index in [4.69, 9.17) is 9.47 Å². The lowest BCUT2D eigenvalue weighted by molar-refractivity contribution is -0.384. The van der Waals surface area contributed by atoms with Crippen molar-refractivity contribution in [1.29, 1.82) is 0 Å². The van der Waals surface area contributed by atoms with Crippen molar-refractivity contribution in [1.82, 2.24) is 4.98 Å². The summed E-state index contributed by atoms with van der Waals surface area (Å²) in [6.07, 6.45) is 0. The molecule has 2 aliphatic heterocycles. The number of nitrogens with zero attached hydrogens (tertiary/aromatic N) is 2. The van der Waals surface area contributed by atoms with Crippen LogP contribution in [0.2, 0.25) is 0 Å². The normalized spacial score (nSPS) is 18.9. The molecule has 14 heteroatoms. The number of rotatable bonds is 8. The van der Waals surface area contributed by atoms with Crippen LogP contribution < -0.4 is 24.6 Å². The number of aryl methyl sites for hydroxylation is 1. The molecule has 0 aliphatic carbocycles. The number of thioether (sulfide) groups is 1. The van der Waals surface area contributed by atoms with Crippen LogP contribution in [0.25, 0.3) is 0 Å². The third-order valence-electron chi connectivity index (χ3n) is 7.35. The molecule has 2 N–H and O–H groups in total. The summed E-state index contributed by atoms with van der Waals surface area (Å²) in [4.78, 5) is 67.1. The highest BCUT2D eigenvalue weighted by molar-refractivity contribution is 8.00. The van der Waals surface area contributed by atoms with E-state index in [2.05, 4.69) is 10.3 Å². The van der Waals surface area contributed by atoms with Gasteiger partial charge in [0.1, 0.15) is 5.25 Å². The summed E-state index contributed by atoms with van der Waals surface area (Å²) in [5, 5.41) is 13.6. The molecule has 1 fully saturated rings. The summed E-state index contributed by atoms with van der Waals surface area (Å²) in [7, 11) is 1.44. The first kappa shape index (κ1) is 29.1. The maximum Gasteiger partial charge on any atom is 0.305 e. The topological polar surface area (TPSA) is 161 Å². The molecule has 1 aromatic heterocycles. The van der Waals surface area contributed by atoms with Gasteiger partial charge in [-0.3, -0.25) is 29.3 Å². The first-order valence-electron chi connectivity index (χ1n) is 13.3. The van der Waals surface area contributed by atoms with Gasteiger partial charge in [0.25, 0.3) is 11.6 Å². The predicted octanol–water partition coefficient (Wildman–Crippen LogP) is 4.47. The molecule has 12 nitrogen and oxygen atoms in total. The lowest BCUT2D eigenvalue weighted by Gasteiger charge is -2.30. The van der Waals surface area contributed by atoms with Crippen LogP contribution in [0, 0.1) is 23.0 Å². The van der Waals surface area contributed by atoms with Gasteiger partial charge in [-0.2, -0.15) is 0 Å². The van der Waals surface area contributed by atoms with Crippen LogP contribution in [0.1, 0.15) is 21.9 Å². The zero-order valence-electron chi connectivity index (χ0n) is 23.3. The van der Waals surface area contributed by atoms with Crippen molar-refractivity contribution in [2.24, 2.45) is 5.92 Å². The summed E-state index contributed by atoms with van der Waals surface area (Å²) >= 11 is 2.09. The highest BCUT2D eigenvalue weighted by atomic mass is 32.2. The van der Waals surface area contributed by atoms with E-state index in [1.165, 1.54) is 31.4 Å². The standard InChI is InChI=1S/C30H24N4O8S2/c1-15-4-3-5-17(12-15)31-22(35)14-42-20-11-6-16(13-21(20)41-2)23-24-26(43-27-25(23)44-30(38)32-27)29(37)33(28(24)36)18-7-9-19(10-8-18)34(39)40/h3-13,23-24,26H,14H2,1-2H3,(H,31,35)(H,32,38)/t23-,24?,26?/m1/s1. The number of nitro groups is 1. The fourth-order valence-corrected chi connectivity index (χ4v) is 7.93. The number of imide groups is 1. The predicted molar refractivity (Wildman–Crippen MR) is 164 cm³/mol. The molecule has 3 atom stereocenters. The molecule has 2 aliphatic rings. The molecule has 4 aromatic rings. The smallest absolute Gasteiger partial charge is 0.305 e. The molecule has 6 rings (SSSR count). The second-order valence-corrected chi connectivity index (χ2v) is 12.3. The number of carbonyl (C=O) groups excluding carboxylic acids is 3. The number of benzene rings is 3. The largest absolute Gasteiger partial charge is 0.493 e. The Morgan fingerprint density at radius 3 is 2.52 bits per heavy atom. The van der Waals surface area contributed by atoms with Crippen LogP contribution in [-0.4, -0.2) is 46.6 Å². The van der Waals surface area contributed by atoms with Crippen LogP contribution >= 0.6 is 23.1 Å². The van der Waals surface area contributed by atoms with Crippen LogP contribution in [0.3, 0.4) is 0 Å². The number of amides is 3. The van der Waals surface area contributed by atoms with Gasteiger partial charge >= 0.3 is 4.87 Å². The molecule has 224 valence electrons. The van der Waals surface area contributed by atoms with E-state index in [9.17, 15) is 29.3 Å².